The zero-order chi connectivity index (χ0) is 23.6. The number of anilines is 1. The highest BCUT2D eigenvalue weighted by Gasteiger charge is 2.34. The molecule has 4 rings (SSSR count). The highest BCUT2D eigenvalue weighted by Crippen LogP contribution is 2.37. The van der Waals surface area contributed by atoms with Crippen LogP contribution in [0, 0.1) is 0 Å². The molecule has 0 spiro atoms. The Morgan fingerprint density at radius 1 is 1.24 bits per heavy atom. The van der Waals surface area contributed by atoms with Gasteiger partial charge in [0.05, 0.1) is 17.5 Å². The number of alkyl halides is 3. The summed E-state index contributed by atoms with van der Waals surface area (Å²) >= 11 is 6.12. The van der Waals surface area contributed by atoms with E-state index in [1.165, 1.54) is 24.5 Å². The lowest BCUT2D eigenvalue weighted by atomic mass is 9.89. The fourth-order valence-electron chi connectivity index (χ4n) is 4.19. The second kappa shape index (κ2) is 9.43. The number of amides is 1. The molecular formula is C23H23ClF3N5O. The number of halogens is 4. The molecule has 33 heavy (non-hydrogen) atoms. The van der Waals surface area contributed by atoms with Crippen LogP contribution in [0.1, 0.15) is 37.1 Å². The molecular weight excluding hydrogens is 455 g/mol. The predicted octanol–water partition coefficient (Wildman–Crippen LogP) is 5.21. The maximum atomic E-state index is 13.4. The van der Waals surface area contributed by atoms with E-state index in [0.717, 1.165) is 31.7 Å². The predicted molar refractivity (Wildman–Crippen MR) is 122 cm³/mol. The topological polar surface area (TPSA) is 73.9 Å². The molecule has 1 amide bonds. The van der Waals surface area contributed by atoms with Crippen molar-refractivity contribution in [2.24, 2.45) is 0 Å². The van der Waals surface area contributed by atoms with Crippen LogP contribution in [0.2, 0.25) is 5.02 Å². The molecule has 0 aliphatic heterocycles. The van der Waals surface area contributed by atoms with Gasteiger partial charge in [-0.15, -0.1) is 0 Å². The Morgan fingerprint density at radius 2 is 2.00 bits per heavy atom. The summed E-state index contributed by atoms with van der Waals surface area (Å²) in [7, 11) is 1.80. The third kappa shape index (κ3) is 5.47. The Balaban J connectivity index is 1.45. The van der Waals surface area contributed by atoms with Gasteiger partial charge in [-0.3, -0.25) is 4.79 Å². The Hall–Kier alpha value is -3.07. The first kappa shape index (κ1) is 23.1. The Bertz CT molecular complexity index is 1150. The number of hydrogen-bond donors (Lipinski definition) is 2. The van der Waals surface area contributed by atoms with Gasteiger partial charge in [-0.1, -0.05) is 11.6 Å². The number of aromatic amines is 1. The number of nitrogens with zero attached hydrogens (tertiary/aromatic N) is 3. The van der Waals surface area contributed by atoms with Crippen LogP contribution in [-0.4, -0.2) is 40.0 Å². The molecule has 1 aliphatic carbocycles. The molecule has 1 saturated carbocycles. The number of carbonyl (C=O) groups excluding carboxylic acids is 1. The van der Waals surface area contributed by atoms with Crippen molar-refractivity contribution in [3.05, 3.63) is 59.3 Å². The van der Waals surface area contributed by atoms with Gasteiger partial charge in [-0.25, -0.2) is 9.97 Å². The molecule has 1 aliphatic rings. The van der Waals surface area contributed by atoms with Crippen molar-refractivity contribution in [1.82, 2.24) is 20.3 Å². The summed E-state index contributed by atoms with van der Waals surface area (Å²) in [5.74, 6) is -0.195. The largest absolute Gasteiger partial charge is 0.433 e. The van der Waals surface area contributed by atoms with Gasteiger partial charge in [-0.2, -0.15) is 13.2 Å². The third-order valence-electron chi connectivity index (χ3n) is 5.93. The van der Waals surface area contributed by atoms with Gasteiger partial charge in [0.15, 0.2) is 0 Å². The minimum Gasteiger partial charge on any atom is -0.371 e. The standard InChI is InChI=1S/C23H23ClF3N5O/c1-32(20-11-21(23(25,26)27)31-19-8-2-14(24)10-18(19)20)17-6-3-15(4-7-17)30-22(33)9-5-16-12-28-13-29-16/h2,5,8-13,15,17H,3-4,6-7H2,1H3,(H,28,29)(H,30,33)/b9-5+/t15-,17+. The molecule has 0 radical (unpaired) electrons. The number of hydrogen-bond acceptors (Lipinski definition) is 4. The molecule has 0 saturated heterocycles. The molecule has 6 nitrogen and oxygen atoms in total. The van der Waals surface area contributed by atoms with Crippen LogP contribution in [0.3, 0.4) is 0 Å². The minimum absolute atomic E-state index is 0.0142. The van der Waals surface area contributed by atoms with E-state index in [9.17, 15) is 18.0 Å². The van der Waals surface area contributed by atoms with Gasteiger partial charge < -0.3 is 15.2 Å². The van der Waals surface area contributed by atoms with Crippen LogP contribution in [0.15, 0.2) is 42.9 Å². The lowest BCUT2D eigenvalue weighted by molar-refractivity contribution is -0.140. The van der Waals surface area contributed by atoms with Crippen LogP contribution in [-0.2, 0) is 11.0 Å². The molecule has 174 valence electrons. The minimum atomic E-state index is -4.55. The van der Waals surface area contributed by atoms with Gasteiger partial charge in [0.25, 0.3) is 0 Å². The third-order valence-corrected chi connectivity index (χ3v) is 6.17. The molecule has 1 fully saturated rings. The molecule has 1 aromatic carbocycles. The summed E-state index contributed by atoms with van der Waals surface area (Å²) < 4.78 is 40.3. The lowest BCUT2D eigenvalue weighted by Crippen LogP contribution is -2.42. The van der Waals surface area contributed by atoms with Gasteiger partial charge in [0, 0.05) is 47.5 Å². The first-order valence-electron chi connectivity index (χ1n) is 10.6. The van der Waals surface area contributed by atoms with Crippen molar-refractivity contribution in [1.29, 1.82) is 0 Å². The van der Waals surface area contributed by atoms with Crippen molar-refractivity contribution in [2.75, 3.05) is 11.9 Å². The average Bonchev–Trinajstić information content (AvgIpc) is 3.30. The fourth-order valence-corrected chi connectivity index (χ4v) is 4.37. The van der Waals surface area contributed by atoms with Crippen molar-refractivity contribution in [3.63, 3.8) is 0 Å². The van der Waals surface area contributed by atoms with E-state index in [-0.39, 0.29) is 23.5 Å². The molecule has 0 unspecified atom stereocenters. The lowest BCUT2D eigenvalue weighted by Gasteiger charge is -2.36. The summed E-state index contributed by atoms with van der Waals surface area (Å²) in [6.07, 6.45) is 4.67. The highest BCUT2D eigenvalue weighted by atomic mass is 35.5. The molecule has 3 aromatic rings. The van der Waals surface area contributed by atoms with E-state index in [0.29, 0.717) is 21.8 Å². The molecule has 0 atom stereocenters. The number of pyridine rings is 1. The van der Waals surface area contributed by atoms with E-state index in [2.05, 4.69) is 20.3 Å². The van der Waals surface area contributed by atoms with Gasteiger partial charge in [0.2, 0.25) is 5.91 Å². The van der Waals surface area contributed by atoms with Crippen molar-refractivity contribution < 1.29 is 18.0 Å². The smallest absolute Gasteiger partial charge is 0.371 e. The number of rotatable bonds is 5. The Labute approximate surface area is 193 Å². The van der Waals surface area contributed by atoms with Crippen LogP contribution >= 0.6 is 11.6 Å². The summed E-state index contributed by atoms with van der Waals surface area (Å²) in [4.78, 5) is 24.7. The summed E-state index contributed by atoms with van der Waals surface area (Å²) in [5, 5.41) is 4.01. The van der Waals surface area contributed by atoms with E-state index in [1.54, 1.807) is 25.4 Å². The highest BCUT2D eigenvalue weighted by molar-refractivity contribution is 6.31. The average molecular weight is 478 g/mol. The van der Waals surface area contributed by atoms with Crippen LogP contribution < -0.4 is 10.2 Å². The Kier molecular flexibility index (Phi) is 6.60. The number of H-pyrrole nitrogens is 1. The van der Waals surface area contributed by atoms with Gasteiger partial charge in [-0.05, 0) is 56.0 Å². The molecule has 2 N–H and O–H groups in total. The Morgan fingerprint density at radius 3 is 2.67 bits per heavy atom. The maximum absolute atomic E-state index is 13.4. The zero-order valence-corrected chi connectivity index (χ0v) is 18.6. The number of imidazole rings is 1. The van der Waals surface area contributed by atoms with Crippen molar-refractivity contribution in [3.8, 4) is 0 Å². The summed E-state index contributed by atoms with van der Waals surface area (Å²) in [5.41, 5.74) is 0.437. The number of benzene rings is 1. The molecule has 10 heteroatoms. The normalized spacial score (nSPS) is 19.2. The van der Waals surface area contributed by atoms with Crippen molar-refractivity contribution in [2.45, 2.75) is 43.9 Å². The van der Waals surface area contributed by atoms with E-state index >= 15 is 0 Å². The first-order chi connectivity index (χ1) is 15.7. The quantitative estimate of drug-likeness (QED) is 0.495. The second-order valence-electron chi connectivity index (χ2n) is 8.14. The van der Waals surface area contributed by atoms with Crippen LogP contribution in [0.4, 0.5) is 18.9 Å². The maximum Gasteiger partial charge on any atom is 0.433 e. The second-order valence-corrected chi connectivity index (χ2v) is 8.57. The van der Waals surface area contributed by atoms with E-state index in [1.807, 2.05) is 4.90 Å². The van der Waals surface area contributed by atoms with Crippen molar-refractivity contribution >= 4 is 40.2 Å². The monoisotopic (exact) mass is 477 g/mol. The SMILES string of the molecule is CN(c1cc(C(F)(F)F)nc2ccc(Cl)cc12)[C@H]1CC[C@@H](NC(=O)/C=C/c2c[nH]cn2)CC1. The zero-order valence-electron chi connectivity index (χ0n) is 17.9. The number of nitrogens with one attached hydrogen (secondary N) is 2. The molecule has 2 aromatic heterocycles. The fraction of sp³-hybridized carbons (Fsp3) is 0.348. The van der Waals surface area contributed by atoms with Crippen LogP contribution in [0.25, 0.3) is 17.0 Å². The van der Waals surface area contributed by atoms with Crippen LogP contribution in [0.5, 0.6) is 0 Å². The molecule has 2 heterocycles. The van der Waals surface area contributed by atoms with E-state index in [4.69, 9.17) is 11.6 Å². The molecule has 0 bridgehead atoms. The number of carbonyl (C=O) groups is 1. The number of aromatic nitrogens is 3. The summed E-state index contributed by atoms with van der Waals surface area (Å²) in [6.45, 7) is 0. The first-order valence-corrected chi connectivity index (χ1v) is 11.0. The van der Waals surface area contributed by atoms with E-state index < -0.39 is 11.9 Å². The summed E-state index contributed by atoms with van der Waals surface area (Å²) in [6, 6.07) is 5.83. The van der Waals surface area contributed by atoms with Gasteiger partial charge in [0.1, 0.15) is 5.69 Å². The van der Waals surface area contributed by atoms with Gasteiger partial charge >= 0.3 is 6.18 Å². The number of fused-ring (bicyclic) bond motifs is 1.